The molecule has 1 fully saturated rings. The molecule has 1 aromatic carbocycles. The fourth-order valence-electron chi connectivity index (χ4n) is 3.56. The molecule has 2 heterocycles. The molecule has 156 valence electrons. The van der Waals surface area contributed by atoms with Crippen molar-refractivity contribution in [1.82, 2.24) is 19.9 Å². The summed E-state index contributed by atoms with van der Waals surface area (Å²) in [6.45, 7) is 4.58. The highest BCUT2D eigenvalue weighted by Crippen LogP contribution is 2.28. The van der Waals surface area contributed by atoms with Crippen molar-refractivity contribution in [3.63, 3.8) is 0 Å². The second kappa shape index (κ2) is 8.93. The number of carbonyl (C=O) groups is 2. The predicted octanol–water partition coefficient (Wildman–Crippen LogP) is 1.76. The first-order chi connectivity index (χ1) is 13.9. The molecule has 0 bridgehead atoms. The summed E-state index contributed by atoms with van der Waals surface area (Å²) in [4.78, 5) is 32.9. The van der Waals surface area contributed by atoms with E-state index >= 15 is 0 Å². The molecule has 1 atom stereocenters. The smallest absolute Gasteiger partial charge is 0.249 e. The summed E-state index contributed by atoms with van der Waals surface area (Å²) in [6, 6.07) is 5.05. The molecule has 1 unspecified atom stereocenters. The number of ether oxygens (including phenoxy) is 2. The van der Waals surface area contributed by atoms with Crippen LogP contribution < -0.4 is 9.47 Å². The number of hydrogen-bond acceptors (Lipinski definition) is 7. The maximum absolute atomic E-state index is 13.0. The summed E-state index contributed by atoms with van der Waals surface area (Å²) in [6.07, 6.45) is 0.715. The van der Waals surface area contributed by atoms with Crippen LogP contribution in [-0.4, -0.2) is 65.6 Å². The van der Waals surface area contributed by atoms with Crippen LogP contribution in [-0.2, 0) is 16.0 Å². The highest BCUT2D eigenvalue weighted by Gasteiger charge is 2.32. The number of aryl methyl sites for hydroxylation is 1. The minimum atomic E-state index is -0.335. The van der Waals surface area contributed by atoms with E-state index in [9.17, 15) is 9.59 Å². The van der Waals surface area contributed by atoms with Crippen molar-refractivity contribution in [2.45, 2.75) is 32.7 Å². The van der Waals surface area contributed by atoms with Crippen molar-refractivity contribution in [2.24, 2.45) is 0 Å². The van der Waals surface area contributed by atoms with Gasteiger partial charge in [0.2, 0.25) is 17.7 Å². The van der Waals surface area contributed by atoms with Gasteiger partial charge in [0, 0.05) is 32.1 Å². The summed E-state index contributed by atoms with van der Waals surface area (Å²) in [7, 11) is 3.15. The molecular formula is C20H26N4O5. The number of rotatable bonds is 5. The van der Waals surface area contributed by atoms with Gasteiger partial charge in [0.15, 0.2) is 5.82 Å². The zero-order chi connectivity index (χ0) is 21.0. The Hall–Kier alpha value is -3.10. The second-order valence-electron chi connectivity index (χ2n) is 6.93. The van der Waals surface area contributed by atoms with Crippen LogP contribution in [0.5, 0.6) is 11.5 Å². The quantitative estimate of drug-likeness (QED) is 0.751. The van der Waals surface area contributed by atoms with E-state index in [1.807, 2.05) is 0 Å². The van der Waals surface area contributed by atoms with Crippen LogP contribution in [0, 0.1) is 6.92 Å². The Labute approximate surface area is 169 Å². The van der Waals surface area contributed by atoms with Gasteiger partial charge >= 0.3 is 0 Å². The molecule has 2 amide bonds. The van der Waals surface area contributed by atoms with Crippen LogP contribution in [0.15, 0.2) is 22.7 Å². The number of aromatic nitrogens is 2. The van der Waals surface area contributed by atoms with Gasteiger partial charge in [-0.05, 0) is 31.5 Å². The maximum Gasteiger partial charge on any atom is 0.249 e. The maximum atomic E-state index is 13.0. The number of benzene rings is 1. The van der Waals surface area contributed by atoms with Crippen LogP contribution in [0.2, 0.25) is 0 Å². The summed E-state index contributed by atoms with van der Waals surface area (Å²) in [5.41, 5.74) is 0.758. The average Bonchev–Trinajstić information content (AvgIpc) is 3.00. The third kappa shape index (κ3) is 4.67. The minimum absolute atomic E-state index is 0.0394. The molecule has 0 N–H and O–H groups in total. The third-order valence-electron chi connectivity index (χ3n) is 5.07. The Morgan fingerprint density at radius 1 is 1.21 bits per heavy atom. The van der Waals surface area contributed by atoms with Crippen molar-refractivity contribution in [2.75, 3.05) is 33.9 Å². The van der Waals surface area contributed by atoms with E-state index in [0.29, 0.717) is 49.3 Å². The molecule has 29 heavy (non-hydrogen) atoms. The lowest BCUT2D eigenvalue weighted by molar-refractivity contribution is -0.133. The van der Waals surface area contributed by atoms with Crippen molar-refractivity contribution < 1.29 is 23.6 Å². The van der Waals surface area contributed by atoms with Gasteiger partial charge in [-0.25, -0.2) is 0 Å². The van der Waals surface area contributed by atoms with Gasteiger partial charge in [0.05, 0.1) is 20.6 Å². The summed E-state index contributed by atoms with van der Waals surface area (Å²) >= 11 is 0. The molecule has 0 saturated carbocycles. The Bertz CT molecular complexity index is 882. The van der Waals surface area contributed by atoms with Crippen molar-refractivity contribution in [1.29, 1.82) is 0 Å². The van der Waals surface area contributed by atoms with E-state index in [-0.39, 0.29) is 24.3 Å². The standard InChI is InChI=1S/C20H26N4O5/c1-13-21-20(29-22-13)17-7-8-23(9-10-24(17)14(2)25)19(26)12-15-11-16(27-3)5-6-18(15)28-4/h5-6,11,17H,7-10,12H2,1-4H3. The zero-order valence-corrected chi connectivity index (χ0v) is 17.2. The minimum Gasteiger partial charge on any atom is -0.497 e. The fraction of sp³-hybridized carbons (Fsp3) is 0.500. The summed E-state index contributed by atoms with van der Waals surface area (Å²) in [5, 5.41) is 3.83. The normalized spacial score (nSPS) is 17.0. The highest BCUT2D eigenvalue weighted by molar-refractivity contribution is 5.80. The Balaban J connectivity index is 1.75. The van der Waals surface area contributed by atoms with Crippen LogP contribution in [0.1, 0.15) is 36.7 Å². The first kappa shape index (κ1) is 20.6. The van der Waals surface area contributed by atoms with E-state index in [1.54, 1.807) is 49.1 Å². The lowest BCUT2D eigenvalue weighted by Crippen LogP contribution is -2.38. The van der Waals surface area contributed by atoms with E-state index in [1.165, 1.54) is 6.92 Å². The molecular weight excluding hydrogens is 376 g/mol. The highest BCUT2D eigenvalue weighted by atomic mass is 16.5. The van der Waals surface area contributed by atoms with E-state index in [4.69, 9.17) is 14.0 Å². The molecule has 9 heteroatoms. The molecule has 1 aliphatic rings. The first-order valence-electron chi connectivity index (χ1n) is 9.49. The molecule has 3 rings (SSSR count). The number of methoxy groups -OCH3 is 2. The van der Waals surface area contributed by atoms with Gasteiger partial charge in [-0.3, -0.25) is 9.59 Å². The molecule has 9 nitrogen and oxygen atoms in total. The molecule has 1 aliphatic heterocycles. The monoisotopic (exact) mass is 402 g/mol. The lowest BCUT2D eigenvalue weighted by Gasteiger charge is -2.25. The Kier molecular flexibility index (Phi) is 6.36. The average molecular weight is 402 g/mol. The summed E-state index contributed by atoms with van der Waals surface area (Å²) < 4.78 is 15.9. The van der Waals surface area contributed by atoms with Crippen molar-refractivity contribution in [3.8, 4) is 11.5 Å². The van der Waals surface area contributed by atoms with Gasteiger partial charge in [-0.15, -0.1) is 0 Å². The molecule has 0 radical (unpaired) electrons. The van der Waals surface area contributed by atoms with Crippen molar-refractivity contribution >= 4 is 11.8 Å². The van der Waals surface area contributed by atoms with Crippen LogP contribution in [0.4, 0.5) is 0 Å². The third-order valence-corrected chi connectivity index (χ3v) is 5.07. The van der Waals surface area contributed by atoms with Crippen LogP contribution in [0.3, 0.4) is 0 Å². The van der Waals surface area contributed by atoms with Crippen LogP contribution >= 0.6 is 0 Å². The second-order valence-corrected chi connectivity index (χ2v) is 6.93. The van der Waals surface area contributed by atoms with E-state index < -0.39 is 0 Å². The number of amides is 2. The van der Waals surface area contributed by atoms with Gasteiger partial charge in [-0.2, -0.15) is 4.98 Å². The van der Waals surface area contributed by atoms with E-state index in [0.717, 1.165) is 5.56 Å². The van der Waals surface area contributed by atoms with Gasteiger partial charge in [-0.1, -0.05) is 5.16 Å². The van der Waals surface area contributed by atoms with Crippen LogP contribution in [0.25, 0.3) is 0 Å². The SMILES string of the molecule is COc1ccc(OC)c(CC(=O)N2CCC(c3nc(C)no3)N(C(C)=O)CC2)c1. The molecule has 0 aliphatic carbocycles. The molecule has 1 saturated heterocycles. The summed E-state index contributed by atoms with van der Waals surface area (Å²) in [5.74, 6) is 2.10. The number of carbonyl (C=O) groups excluding carboxylic acids is 2. The fourth-order valence-corrected chi connectivity index (χ4v) is 3.56. The lowest BCUT2D eigenvalue weighted by atomic mass is 10.1. The molecule has 2 aromatic rings. The number of hydrogen-bond donors (Lipinski definition) is 0. The largest absolute Gasteiger partial charge is 0.497 e. The first-order valence-corrected chi connectivity index (χ1v) is 9.49. The van der Waals surface area contributed by atoms with Gasteiger partial charge < -0.3 is 23.8 Å². The molecule has 1 aromatic heterocycles. The Morgan fingerprint density at radius 3 is 2.62 bits per heavy atom. The Morgan fingerprint density at radius 2 is 2.00 bits per heavy atom. The predicted molar refractivity (Wildman–Crippen MR) is 104 cm³/mol. The van der Waals surface area contributed by atoms with Gasteiger partial charge in [0.25, 0.3) is 0 Å². The number of nitrogens with zero attached hydrogens (tertiary/aromatic N) is 4. The zero-order valence-electron chi connectivity index (χ0n) is 17.2. The topological polar surface area (TPSA) is 98.0 Å². The van der Waals surface area contributed by atoms with Crippen molar-refractivity contribution in [3.05, 3.63) is 35.5 Å². The van der Waals surface area contributed by atoms with E-state index in [2.05, 4.69) is 10.1 Å². The van der Waals surface area contributed by atoms with Gasteiger partial charge in [0.1, 0.15) is 17.5 Å². The molecule has 0 spiro atoms.